The average Bonchev–Trinajstić information content (AvgIpc) is 2.76. The molecule has 6 nitrogen and oxygen atoms in total. The number of hydrogen-bond acceptors (Lipinski definition) is 4. The molecule has 6 heteroatoms. The number of ether oxygens (including phenoxy) is 1. The third-order valence-electron chi connectivity index (χ3n) is 2.76. The van der Waals surface area contributed by atoms with Crippen LogP contribution in [0.3, 0.4) is 0 Å². The molecule has 1 heterocycles. The van der Waals surface area contributed by atoms with Crippen molar-refractivity contribution in [1.82, 2.24) is 4.90 Å². The van der Waals surface area contributed by atoms with Gasteiger partial charge in [0.05, 0.1) is 6.61 Å². The number of esters is 1. The summed E-state index contributed by atoms with van der Waals surface area (Å²) in [6.07, 6.45) is 2.21. The zero-order chi connectivity index (χ0) is 13.7. The number of amides is 1. The Kier molecular flexibility index (Phi) is 4.88. The first-order valence-corrected chi connectivity index (χ1v) is 5.86. The standard InChI is InChI=1S/C12H17NO5/c1-3-18-10(14)7-8(2)11(15)13-6-4-5-9(13)12(16)17/h7,9H,3-6H2,1-2H3,(H,16,17)/b8-7+/t9-/m0/s1. The summed E-state index contributed by atoms with van der Waals surface area (Å²) in [5.74, 6) is -2.02. The Bertz CT molecular complexity index is 388. The molecule has 0 aromatic carbocycles. The summed E-state index contributed by atoms with van der Waals surface area (Å²) < 4.78 is 4.70. The molecular weight excluding hydrogens is 238 g/mol. The number of aliphatic carboxylic acids is 1. The van der Waals surface area contributed by atoms with E-state index in [0.717, 1.165) is 6.08 Å². The SMILES string of the molecule is CCOC(=O)/C=C(\C)C(=O)N1CCC[C@H]1C(=O)O. The third kappa shape index (κ3) is 3.32. The topological polar surface area (TPSA) is 83.9 Å². The number of rotatable bonds is 4. The monoisotopic (exact) mass is 255 g/mol. The molecule has 0 radical (unpaired) electrons. The van der Waals surface area contributed by atoms with Gasteiger partial charge in [-0.2, -0.15) is 0 Å². The molecule has 18 heavy (non-hydrogen) atoms. The van der Waals surface area contributed by atoms with Gasteiger partial charge in [0.2, 0.25) is 5.91 Å². The minimum Gasteiger partial charge on any atom is -0.480 e. The van der Waals surface area contributed by atoms with Gasteiger partial charge in [-0.05, 0) is 26.7 Å². The first-order chi connectivity index (χ1) is 8.47. The van der Waals surface area contributed by atoms with Crippen LogP contribution in [0.15, 0.2) is 11.6 Å². The van der Waals surface area contributed by atoms with Crippen LogP contribution in [-0.2, 0) is 19.1 Å². The van der Waals surface area contributed by atoms with Crippen LogP contribution in [0.25, 0.3) is 0 Å². The van der Waals surface area contributed by atoms with Crippen LogP contribution >= 0.6 is 0 Å². The molecule has 0 spiro atoms. The second-order valence-corrected chi connectivity index (χ2v) is 4.07. The van der Waals surface area contributed by atoms with E-state index in [9.17, 15) is 14.4 Å². The number of hydrogen-bond donors (Lipinski definition) is 1. The van der Waals surface area contributed by atoms with Crippen LogP contribution in [0.1, 0.15) is 26.7 Å². The van der Waals surface area contributed by atoms with Crippen molar-refractivity contribution in [1.29, 1.82) is 0 Å². The molecule has 0 saturated carbocycles. The fraction of sp³-hybridized carbons (Fsp3) is 0.583. The van der Waals surface area contributed by atoms with Crippen molar-refractivity contribution in [3.63, 3.8) is 0 Å². The fourth-order valence-electron chi connectivity index (χ4n) is 1.92. The molecule has 1 N–H and O–H groups in total. The lowest BCUT2D eigenvalue weighted by molar-refractivity contribution is -0.146. The largest absolute Gasteiger partial charge is 0.480 e. The number of carboxylic acid groups (broad SMARTS) is 1. The number of likely N-dealkylation sites (tertiary alicyclic amines) is 1. The molecular formula is C12H17NO5. The van der Waals surface area contributed by atoms with Crippen molar-refractivity contribution in [3.05, 3.63) is 11.6 Å². The average molecular weight is 255 g/mol. The van der Waals surface area contributed by atoms with Crippen LogP contribution in [0, 0.1) is 0 Å². The number of carboxylic acids is 1. The number of nitrogens with zero attached hydrogens (tertiary/aromatic N) is 1. The van der Waals surface area contributed by atoms with Gasteiger partial charge in [0.25, 0.3) is 0 Å². The Balaban J connectivity index is 2.74. The summed E-state index contributed by atoms with van der Waals surface area (Å²) >= 11 is 0. The lowest BCUT2D eigenvalue weighted by Crippen LogP contribution is -2.40. The second kappa shape index (κ2) is 6.18. The maximum Gasteiger partial charge on any atom is 0.331 e. The summed E-state index contributed by atoms with van der Waals surface area (Å²) in [4.78, 5) is 35.4. The normalized spacial score (nSPS) is 19.8. The first kappa shape index (κ1) is 14.2. The van der Waals surface area contributed by atoms with Gasteiger partial charge < -0.3 is 14.7 Å². The van der Waals surface area contributed by atoms with E-state index in [1.807, 2.05) is 0 Å². The van der Waals surface area contributed by atoms with Crippen molar-refractivity contribution >= 4 is 17.8 Å². The van der Waals surface area contributed by atoms with Crippen LogP contribution in [0.4, 0.5) is 0 Å². The van der Waals surface area contributed by atoms with Gasteiger partial charge in [-0.25, -0.2) is 9.59 Å². The zero-order valence-corrected chi connectivity index (χ0v) is 10.5. The van der Waals surface area contributed by atoms with Gasteiger partial charge in [-0.3, -0.25) is 4.79 Å². The predicted molar refractivity (Wildman–Crippen MR) is 62.8 cm³/mol. The van der Waals surface area contributed by atoms with E-state index in [-0.39, 0.29) is 12.2 Å². The molecule has 0 aromatic heterocycles. The molecule has 1 rings (SSSR count). The molecule has 1 amide bonds. The molecule has 0 unspecified atom stereocenters. The maximum absolute atomic E-state index is 12.0. The Labute approximate surface area is 105 Å². The van der Waals surface area contributed by atoms with Gasteiger partial charge in [0.15, 0.2) is 0 Å². The van der Waals surface area contributed by atoms with Gasteiger partial charge in [-0.1, -0.05) is 0 Å². The molecule has 1 aliphatic rings. The van der Waals surface area contributed by atoms with E-state index < -0.39 is 23.9 Å². The van der Waals surface area contributed by atoms with Crippen molar-refractivity contribution < 1.29 is 24.2 Å². The molecule has 1 atom stereocenters. The lowest BCUT2D eigenvalue weighted by Gasteiger charge is -2.21. The maximum atomic E-state index is 12.0. The highest BCUT2D eigenvalue weighted by Crippen LogP contribution is 2.19. The van der Waals surface area contributed by atoms with Crippen molar-refractivity contribution in [2.75, 3.05) is 13.2 Å². The first-order valence-electron chi connectivity index (χ1n) is 5.86. The molecule has 100 valence electrons. The van der Waals surface area contributed by atoms with E-state index in [0.29, 0.717) is 19.4 Å². The Morgan fingerprint density at radius 3 is 2.67 bits per heavy atom. The number of carbonyl (C=O) groups excluding carboxylic acids is 2. The highest BCUT2D eigenvalue weighted by Gasteiger charge is 2.34. The summed E-state index contributed by atoms with van der Waals surface area (Å²) in [6.45, 7) is 3.79. The van der Waals surface area contributed by atoms with Gasteiger partial charge >= 0.3 is 11.9 Å². The van der Waals surface area contributed by atoms with E-state index >= 15 is 0 Å². The van der Waals surface area contributed by atoms with E-state index in [2.05, 4.69) is 0 Å². The quantitative estimate of drug-likeness (QED) is 0.586. The summed E-state index contributed by atoms with van der Waals surface area (Å²) in [7, 11) is 0. The van der Waals surface area contributed by atoms with Crippen LogP contribution in [-0.4, -0.2) is 47.0 Å². The minimum atomic E-state index is -1.01. The predicted octanol–water partition coefficient (Wildman–Crippen LogP) is 0.571. The van der Waals surface area contributed by atoms with Crippen molar-refractivity contribution in [3.8, 4) is 0 Å². The van der Waals surface area contributed by atoms with Crippen molar-refractivity contribution in [2.45, 2.75) is 32.7 Å². The Morgan fingerprint density at radius 2 is 2.11 bits per heavy atom. The van der Waals surface area contributed by atoms with Gasteiger partial charge in [-0.15, -0.1) is 0 Å². The van der Waals surface area contributed by atoms with Gasteiger partial charge in [0, 0.05) is 18.2 Å². The zero-order valence-electron chi connectivity index (χ0n) is 10.5. The Morgan fingerprint density at radius 1 is 1.44 bits per heavy atom. The minimum absolute atomic E-state index is 0.196. The highest BCUT2D eigenvalue weighted by molar-refractivity contribution is 6.00. The third-order valence-corrected chi connectivity index (χ3v) is 2.76. The number of carbonyl (C=O) groups is 3. The second-order valence-electron chi connectivity index (χ2n) is 4.07. The molecule has 1 aliphatic heterocycles. The molecule has 0 aromatic rings. The summed E-state index contributed by atoms with van der Waals surface area (Å²) in [6, 6.07) is -0.789. The van der Waals surface area contributed by atoms with Crippen molar-refractivity contribution in [2.24, 2.45) is 0 Å². The molecule has 0 bridgehead atoms. The van der Waals surface area contributed by atoms with E-state index in [1.165, 1.54) is 11.8 Å². The van der Waals surface area contributed by atoms with E-state index in [1.54, 1.807) is 6.92 Å². The smallest absolute Gasteiger partial charge is 0.331 e. The Hall–Kier alpha value is -1.85. The van der Waals surface area contributed by atoms with Crippen LogP contribution in [0.5, 0.6) is 0 Å². The van der Waals surface area contributed by atoms with Gasteiger partial charge in [0.1, 0.15) is 6.04 Å². The summed E-state index contributed by atoms with van der Waals surface area (Å²) in [5.41, 5.74) is 0.196. The molecule has 1 fully saturated rings. The molecule has 0 aliphatic carbocycles. The molecule has 1 saturated heterocycles. The van der Waals surface area contributed by atoms with E-state index in [4.69, 9.17) is 9.84 Å². The fourth-order valence-corrected chi connectivity index (χ4v) is 1.92. The summed E-state index contributed by atoms with van der Waals surface area (Å²) in [5, 5.41) is 8.98. The van der Waals surface area contributed by atoms with Crippen LogP contribution < -0.4 is 0 Å². The highest BCUT2D eigenvalue weighted by atomic mass is 16.5. The van der Waals surface area contributed by atoms with Crippen LogP contribution in [0.2, 0.25) is 0 Å². The lowest BCUT2D eigenvalue weighted by atomic mass is 10.2.